The van der Waals surface area contributed by atoms with Crippen LogP contribution in [0.3, 0.4) is 0 Å². The van der Waals surface area contributed by atoms with Crippen LogP contribution in [0.4, 0.5) is 4.39 Å². The molecule has 192 valence electrons. The van der Waals surface area contributed by atoms with Gasteiger partial charge in [0.25, 0.3) is 0 Å². The SMILES string of the molecule is COC(=O)C1=C(CN2C3COCC2CC(O)(CO)C3)NC(c2nccs2)=NC1c1ccc(F)cc1Cl. The molecule has 1 aromatic carbocycles. The van der Waals surface area contributed by atoms with Crippen molar-refractivity contribution < 1.29 is 28.9 Å². The van der Waals surface area contributed by atoms with Crippen LogP contribution in [-0.4, -0.2) is 83.1 Å². The van der Waals surface area contributed by atoms with Crippen molar-refractivity contribution in [2.45, 2.75) is 36.6 Å². The molecule has 2 aromatic rings. The van der Waals surface area contributed by atoms with Gasteiger partial charge in [0.2, 0.25) is 0 Å². The van der Waals surface area contributed by atoms with E-state index in [0.717, 1.165) is 0 Å². The maximum atomic E-state index is 13.8. The van der Waals surface area contributed by atoms with E-state index in [-0.39, 0.29) is 29.3 Å². The lowest BCUT2D eigenvalue weighted by Crippen LogP contribution is -2.63. The minimum atomic E-state index is -1.17. The molecular formula is C24H26ClFN4O5S. The Morgan fingerprint density at radius 3 is 2.75 bits per heavy atom. The number of hydrogen-bond donors (Lipinski definition) is 3. The van der Waals surface area contributed by atoms with E-state index in [4.69, 9.17) is 26.1 Å². The highest BCUT2D eigenvalue weighted by atomic mass is 35.5. The van der Waals surface area contributed by atoms with E-state index in [9.17, 15) is 19.4 Å². The van der Waals surface area contributed by atoms with E-state index in [2.05, 4.69) is 15.2 Å². The minimum absolute atomic E-state index is 0.140. The third-order valence-corrected chi connectivity index (χ3v) is 7.96. The molecule has 0 saturated carbocycles. The van der Waals surface area contributed by atoms with Crippen molar-refractivity contribution in [2.75, 3.05) is 33.5 Å². The van der Waals surface area contributed by atoms with Crippen LogP contribution < -0.4 is 5.32 Å². The number of aromatic nitrogens is 1. The van der Waals surface area contributed by atoms with Gasteiger partial charge in [0.15, 0.2) is 10.8 Å². The monoisotopic (exact) mass is 536 g/mol. The largest absolute Gasteiger partial charge is 0.466 e. The van der Waals surface area contributed by atoms with Crippen molar-refractivity contribution in [3.05, 3.63) is 62.5 Å². The number of rotatable bonds is 6. The highest BCUT2D eigenvalue weighted by Gasteiger charge is 2.47. The molecule has 2 saturated heterocycles. The summed E-state index contributed by atoms with van der Waals surface area (Å²) in [4.78, 5) is 24.4. The first-order valence-electron chi connectivity index (χ1n) is 11.5. The van der Waals surface area contributed by atoms with Crippen molar-refractivity contribution in [3.63, 3.8) is 0 Å². The van der Waals surface area contributed by atoms with Gasteiger partial charge in [0.05, 0.1) is 38.1 Å². The summed E-state index contributed by atoms with van der Waals surface area (Å²) in [5, 5.41) is 26.4. The zero-order valence-corrected chi connectivity index (χ0v) is 21.1. The minimum Gasteiger partial charge on any atom is -0.466 e. The second kappa shape index (κ2) is 10.2. The molecule has 3 aliphatic heterocycles. The molecule has 0 aliphatic carbocycles. The first kappa shape index (κ1) is 25.2. The van der Waals surface area contributed by atoms with Gasteiger partial charge in [-0.1, -0.05) is 17.7 Å². The summed E-state index contributed by atoms with van der Waals surface area (Å²) in [6.45, 7) is 0.763. The summed E-state index contributed by atoms with van der Waals surface area (Å²) in [6, 6.07) is 2.79. The Hall–Kier alpha value is -2.41. The lowest BCUT2D eigenvalue weighted by atomic mass is 9.81. The van der Waals surface area contributed by atoms with Gasteiger partial charge in [-0.3, -0.25) is 9.89 Å². The van der Waals surface area contributed by atoms with Gasteiger partial charge in [-0.2, -0.15) is 0 Å². The molecule has 0 amide bonds. The highest BCUT2D eigenvalue weighted by Crippen LogP contribution is 2.39. The Balaban J connectivity index is 1.58. The van der Waals surface area contributed by atoms with E-state index >= 15 is 0 Å². The van der Waals surface area contributed by atoms with Gasteiger partial charge in [0, 0.05) is 46.5 Å². The molecule has 3 unspecified atom stereocenters. The number of aliphatic hydroxyl groups is 2. The third-order valence-electron chi connectivity index (χ3n) is 6.85. The zero-order valence-electron chi connectivity index (χ0n) is 19.5. The van der Waals surface area contributed by atoms with Crippen molar-refractivity contribution in [1.82, 2.24) is 15.2 Å². The van der Waals surface area contributed by atoms with Gasteiger partial charge >= 0.3 is 5.97 Å². The van der Waals surface area contributed by atoms with Crippen molar-refractivity contribution in [1.29, 1.82) is 0 Å². The van der Waals surface area contributed by atoms with Crippen LogP contribution in [0.5, 0.6) is 0 Å². The number of piperidine rings is 1. The molecule has 3 atom stereocenters. The standard InChI is InChI=1S/C24H26ClFN4O5S/c1-34-23(32)19-18(9-30-14-7-24(33,12-31)8-15(30)11-35-10-14)28-21(22-27-4-5-36-22)29-20(19)16-3-2-13(26)6-17(16)25/h2-6,14-15,20,31,33H,7-12H2,1H3,(H,28,29). The van der Waals surface area contributed by atoms with Crippen molar-refractivity contribution in [2.24, 2.45) is 4.99 Å². The van der Waals surface area contributed by atoms with Crippen LogP contribution in [0.1, 0.15) is 29.5 Å². The van der Waals surface area contributed by atoms with Crippen LogP contribution in [0, 0.1) is 5.82 Å². The highest BCUT2D eigenvalue weighted by molar-refractivity contribution is 7.11. The molecule has 5 rings (SSSR count). The van der Waals surface area contributed by atoms with E-state index in [1.54, 1.807) is 6.20 Å². The van der Waals surface area contributed by atoms with Crippen LogP contribution in [0.2, 0.25) is 5.02 Å². The summed E-state index contributed by atoms with van der Waals surface area (Å²) in [6.07, 6.45) is 2.33. The fraction of sp³-hybridized carbons (Fsp3) is 0.458. The topological polar surface area (TPSA) is 117 Å². The zero-order chi connectivity index (χ0) is 25.4. The number of halogens is 2. The number of carbonyl (C=O) groups is 1. The average molecular weight is 537 g/mol. The molecule has 2 bridgehead atoms. The van der Waals surface area contributed by atoms with Gasteiger partial charge in [-0.05, 0) is 25.0 Å². The normalized spacial score (nSPS) is 28.5. The number of nitrogens with one attached hydrogen (secondary N) is 1. The number of morpholine rings is 1. The number of ether oxygens (including phenoxy) is 2. The molecule has 36 heavy (non-hydrogen) atoms. The molecule has 9 nitrogen and oxygen atoms in total. The average Bonchev–Trinajstić information content (AvgIpc) is 3.39. The molecule has 12 heteroatoms. The second-order valence-electron chi connectivity index (χ2n) is 9.20. The van der Waals surface area contributed by atoms with Crippen LogP contribution in [0.25, 0.3) is 0 Å². The van der Waals surface area contributed by atoms with Gasteiger partial charge in [-0.15, -0.1) is 11.3 Å². The predicted molar refractivity (Wildman–Crippen MR) is 131 cm³/mol. The number of aliphatic hydroxyl groups excluding tert-OH is 1. The quantitative estimate of drug-likeness (QED) is 0.480. The van der Waals surface area contributed by atoms with E-state index in [0.29, 0.717) is 54.7 Å². The third kappa shape index (κ3) is 4.79. The molecule has 0 spiro atoms. The Morgan fingerprint density at radius 2 is 2.14 bits per heavy atom. The molecule has 1 aromatic heterocycles. The number of nitrogens with zero attached hydrogens (tertiary/aromatic N) is 3. The Bertz CT molecular complexity index is 1190. The fourth-order valence-electron chi connectivity index (χ4n) is 5.18. The molecule has 4 heterocycles. The number of benzene rings is 1. The maximum absolute atomic E-state index is 13.8. The lowest BCUT2D eigenvalue weighted by Gasteiger charge is -2.51. The molecule has 2 fully saturated rings. The fourth-order valence-corrected chi connectivity index (χ4v) is 6.04. The second-order valence-corrected chi connectivity index (χ2v) is 10.5. The lowest BCUT2D eigenvalue weighted by molar-refractivity contribution is -0.153. The molecular weight excluding hydrogens is 511 g/mol. The first-order valence-corrected chi connectivity index (χ1v) is 12.8. The van der Waals surface area contributed by atoms with Crippen molar-refractivity contribution >= 4 is 34.7 Å². The molecule has 0 radical (unpaired) electrons. The summed E-state index contributed by atoms with van der Waals surface area (Å²) >= 11 is 7.80. The van der Waals surface area contributed by atoms with Gasteiger partial charge in [0.1, 0.15) is 11.9 Å². The number of carbonyl (C=O) groups excluding carboxylic acids is 1. The number of amidine groups is 1. The first-order chi connectivity index (χ1) is 17.3. The Morgan fingerprint density at radius 1 is 1.39 bits per heavy atom. The molecule has 3 N–H and O–H groups in total. The summed E-state index contributed by atoms with van der Waals surface area (Å²) < 4.78 is 24.7. The predicted octanol–water partition coefficient (Wildman–Crippen LogP) is 2.04. The van der Waals surface area contributed by atoms with Gasteiger partial charge < -0.3 is 25.0 Å². The maximum Gasteiger partial charge on any atom is 0.338 e. The van der Waals surface area contributed by atoms with Crippen LogP contribution in [0.15, 0.2) is 46.0 Å². The summed E-state index contributed by atoms with van der Waals surface area (Å²) in [5.74, 6) is -0.624. The Kier molecular flexibility index (Phi) is 7.12. The molecule has 3 aliphatic rings. The number of fused-ring (bicyclic) bond motifs is 2. The summed E-state index contributed by atoms with van der Waals surface area (Å²) in [7, 11) is 1.29. The number of thiazole rings is 1. The van der Waals surface area contributed by atoms with E-state index < -0.39 is 23.4 Å². The number of esters is 1. The van der Waals surface area contributed by atoms with E-state index in [1.807, 2.05) is 5.38 Å². The number of methoxy groups -OCH3 is 1. The van der Waals surface area contributed by atoms with Gasteiger partial charge in [-0.25, -0.2) is 14.2 Å². The van der Waals surface area contributed by atoms with Crippen LogP contribution >= 0.6 is 22.9 Å². The number of hydrogen-bond acceptors (Lipinski definition) is 10. The number of aliphatic imine (C=N–C) groups is 1. The smallest absolute Gasteiger partial charge is 0.338 e. The summed E-state index contributed by atoms with van der Waals surface area (Å²) in [5.41, 5.74) is 0.0998. The van der Waals surface area contributed by atoms with Crippen molar-refractivity contribution in [3.8, 4) is 0 Å². The van der Waals surface area contributed by atoms with E-state index in [1.165, 1.54) is 36.6 Å². The Labute approximate surface area is 216 Å². The van der Waals surface area contributed by atoms with Crippen LogP contribution in [-0.2, 0) is 14.3 Å².